The second-order valence-electron chi connectivity index (χ2n) is 5.37. The van der Waals surface area contributed by atoms with Crippen molar-refractivity contribution in [3.8, 4) is 0 Å². The molecule has 2 fully saturated rings. The number of aliphatic hydroxyl groups is 1. The van der Waals surface area contributed by atoms with Crippen LogP contribution in [0.1, 0.15) is 39.0 Å². The summed E-state index contributed by atoms with van der Waals surface area (Å²) in [7, 11) is 0. The first kappa shape index (κ1) is 11.9. The van der Waals surface area contributed by atoms with E-state index in [-0.39, 0.29) is 0 Å². The molecule has 1 saturated heterocycles. The molecule has 0 radical (unpaired) electrons. The van der Waals surface area contributed by atoms with Crippen LogP contribution in [0.4, 0.5) is 0 Å². The van der Waals surface area contributed by atoms with Crippen molar-refractivity contribution in [2.75, 3.05) is 13.1 Å². The van der Waals surface area contributed by atoms with Gasteiger partial charge in [-0.25, -0.2) is 0 Å². The van der Waals surface area contributed by atoms with E-state index in [1.54, 1.807) is 0 Å². The maximum absolute atomic E-state index is 11.4. The SMILES string of the molecule is CCC1CCC(O)(C2(C(=O)O)CNC2)CC1. The van der Waals surface area contributed by atoms with Crippen molar-refractivity contribution in [2.45, 2.75) is 44.6 Å². The molecule has 2 aliphatic rings. The summed E-state index contributed by atoms with van der Waals surface area (Å²) in [6.07, 6.45) is 4.33. The molecule has 1 heterocycles. The molecular formula is C12H21NO3. The van der Waals surface area contributed by atoms with E-state index >= 15 is 0 Å². The fourth-order valence-electron chi connectivity index (χ4n) is 3.10. The first-order valence-electron chi connectivity index (χ1n) is 6.20. The number of nitrogens with one attached hydrogen (secondary N) is 1. The Balaban J connectivity index is 2.11. The third-order valence-corrected chi connectivity index (χ3v) is 4.66. The first-order chi connectivity index (χ1) is 7.54. The van der Waals surface area contributed by atoms with Crippen molar-refractivity contribution < 1.29 is 15.0 Å². The van der Waals surface area contributed by atoms with Crippen molar-refractivity contribution in [1.82, 2.24) is 5.32 Å². The Labute approximate surface area is 96.0 Å². The van der Waals surface area contributed by atoms with Gasteiger partial charge >= 0.3 is 5.97 Å². The van der Waals surface area contributed by atoms with E-state index in [1.807, 2.05) is 0 Å². The van der Waals surface area contributed by atoms with Crippen LogP contribution in [0, 0.1) is 11.3 Å². The van der Waals surface area contributed by atoms with Gasteiger partial charge in [-0.05, 0) is 31.6 Å². The Morgan fingerprint density at radius 3 is 2.25 bits per heavy atom. The summed E-state index contributed by atoms with van der Waals surface area (Å²) in [6.45, 7) is 2.98. The third kappa shape index (κ3) is 1.55. The highest BCUT2D eigenvalue weighted by Crippen LogP contribution is 2.47. The number of carboxylic acid groups (broad SMARTS) is 1. The number of hydrogen-bond donors (Lipinski definition) is 3. The summed E-state index contributed by atoms with van der Waals surface area (Å²) in [6, 6.07) is 0. The lowest BCUT2D eigenvalue weighted by atomic mass is 9.60. The maximum atomic E-state index is 11.4. The van der Waals surface area contributed by atoms with Gasteiger partial charge in [0.15, 0.2) is 0 Å². The van der Waals surface area contributed by atoms with Crippen molar-refractivity contribution in [1.29, 1.82) is 0 Å². The minimum absolute atomic E-state index is 0.412. The number of carbonyl (C=O) groups is 1. The van der Waals surface area contributed by atoms with Gasteiger partial charge in [0.2, 0.25) is 0 Å². The summed E-state index contributed by atoms with van der Waals surface area (Å²) in [5.41, 5.74) is -1.92. The number of hydrogen-bond acceptors (Lipinski definition) is 3. The third-order valence-electron chi connectivity index (χ3n) is 4.66. The standard InChI is InChI=1S/C12H21NO3/c1-2-9-3-5-12(16,6-4-9)11(10(14)15)7-13-8-11/h9,13,16H,2-8H2,1H3,(H,14,15). The zero-order valence-electron chi connectivity index (χ0n) is 9.83. The molecule has 92 valence electrons. The Hall–Kier alpha value is -0.610. The highest BCUT2D eigenvalue weighted by Gasteiger charge is 2.60. The molecule has 0 amide bonds. The van der Waals surface area contributed by atoms with Crippen LogP contribution in [-0.4, -0.2) is 34.9 Å². The fourth-order valence-corrected chi connectivity index (χ4v) is 3.10. The average Bonchev–Trinajstić information content (AvgIpc) is 2.16. The molecule has 1 aliphatic heterocycles. The highest BCUT2D eigenvalue weighted by molar-refractivity contribution is 5.78. The number of rotatable bonds is 3. The van der Waals surface area contributed by atoms with Crippen LogP contribution in [0.15, 0.2) is 0 Å². The molecule has 16 heavy (non-hydrogen) atoms. The largest absolute Gasteiger partial charge is 0.481 e. The minimum Gasteiger partial charge on any atom is -0.481 e. The van der Waals surface area contributed by atoms with E-state index < -0.39 is 17.0 Å². The van der Waals surface area contributed by atoms with E-state index in [4.69, 9.17) is 0 Å². The van der Waals surface area contributed by atoms with Gasteiger partial charge in [-0.3, -0.25) is 4.79 Å². The quantitative estimate of drug-likeness (QED) is 0.672. The smallest absolute Gasteiger partial charge is 0.315 e. The number of carboxylic acids is 1. The Kier molecular flexibility index (Phi) is 2.97. The van der Waals surface area contributed by atoms with Gasteiger partial charge in [0, 0.05) is 13.1 Å². The monoisotopic (exact) mass is 227 g/mol. The predicted molar refractivity (Wildman–Crippen MR) is 60.1 cm³/mol. The van der Waals surface area contributed by atoms with Crippen molar-refractivity contribution in [2.24, 2.45) is 11.3 Å². The van der Waals surface area contributed by atoms with Gasteiger partial charge in [-0.1, -0.05) is 13.3 Å². The Morgan fingerprint density at radius 2 is 1.94 bits per heavy atom. The molecule has 0 atom stereocenters. The highest BCUT2D eigenvalue weighted by atomic mass is 16.4. The molecular weight excluding hydrogens is 206 g/mol. The van der Waals surface area contributed by atoms with Crippen LogP contribution in [0.2, 0.25) is 0 Å². The minimum atomic E-state index is -0.990. The van der Waals surface area contributed by atoms with E-state index in [2.05, 4.69) is 12.2 Å². The molecule has 4 heteroatoms. The van der Waals surface area contributed by atoms with E-state index in [9.17, 15) is 15.0 Å². The van der Waals surface area contributed by atoms with Crippen molar-refractivity contribution >= 4 is 5.97 Å². The lowest BCUT2D eigenvalue weighted by Gasteiger charge is -2.52. The number of aliphatic carboxylic acids is 1. The summed E-state index contributed by atoms with van der Waals surface area (Å²) in [4.78, 5) is 11.4. The zero-order valence-corrected chi connectivity index (χ0v) is 9.83. The molecule has 0 unspecified atom stereocenters. The van der Waals surface area contributed by atoms with Crippen LogP contribution in [0.25, 0.3) is 0 Å². The lowest BCUT2D eigenvalue weighted by molar-refractivity contribution is -0.186. The van der Waals surface area contributed by atoms with Crippen LogP contribution in [-0.2, 0) is 4.79 Å². The Morgan fingerprint density at radius 1 is 1.38 bits per heavy atom. The van der Waals surface area contributed by atoms with E-state index in [1.165, 1.54) is 0 Å². The normalized spacial score (nSPS) is 37.8. The fraction of sp³-hybridized carbons (Fsp3) is 0.917. The summed E-state index contributed by atoms with van der Waals surface area (Å²) in [5, 5.41) is 22.9. The average molecular weight is 227 g/mol. The predicted octanol–water partition coefficient (Wildman–Crippen LogP) is 0.992. The molecule has 2 rings (SSSR count). The summed E-state index contributed by atoms with van der Waals surface area (Å²) < 4.78 is 0. The summed E-state index contributed by atoms with van der Waals surface area (Å²) >= 11 is 0. The van der Waals surface area contributed by atoms with E-state index in [0.717, 1.165) is 19.3 Å². The Bertz CT molecular complexity index is 278. The van der Waals surface area contributed by atoms with Crippen LogP contribution < -0.4 is 5.32 Å². The molecule has 1 saturated carbocycles. The molecule has 4 nitrogen and oxygen atoms in total. The molecule has 0 aromatic rings. The maximum Gasteiger partial charge on any atom is 0.315 e. The first-order valence-corrected chi connectivity index (χ1v) is 6.20. The van der Waals surface area contributed by atoms with Gasteiger partial charge in [0.25, 0.3) is 0 Å². The van der Waals surface area contributed by atoms with Crippen LogP contribution >= 0.6 is 0 Å². The molecule has 0 aromatic carbocycles. The van der Waals surface area contributed by atoms with Crippen molar-refractivity contribution in [3.63, 3.8) is 0 Å². The van der Waals surface area contributed by atoms with Crippen molar-refractivity contribution in [3.05, 3.63) is 0 Å². The van der Waals surface area contributed by atoms with Crippen LogP contribution in [0.3, 0.4) is 0 Å². The van der Waals surface area contributed by atoms with Gasteiger partial charge < -0.3 is 15.5 Å². The zero-order chi connectivity index (χ0) is 11.8. The lowest BCUT2D eigenvalue weighted by Crippen LogP contribution is -2.70. The second kappa shape index (κ2) is 4.00. The molecule has 0 spiro atoms. The van der Waals surface area contributed by atoms with Crippen LogP contribution in [0.5, 0.6) is 0 Å². The summed E-state index contributed by atoms with van der Waals surface area (Å²) in [5.74, 6) is -0.178. The molecule has 0 bridgehead atoms. The van der Waals surface area contributed by atoms with Gasteiger partial charge in [0.1, 0.15) is 5.41 Å². The molecule has 0 aromatic heterocycles. The van der Waals surface area contributed by atoms with Gasteiger partial charge in [0.05, 0.1) is 5.60 Å². The van der Waals surface area contributed by atoms with E-state index in [0.29, 0.717) is 31.8 Å². The van der Waals surface area contributed by atoms with Gasteiger partial charge in [-0.2, -0.15) is 0 Å². The topological polar surface area (TPSA) is 69.6 Å². The molecule has 3 N–H and O–H groups in total. The molecule has 1 aliphatic carbocycles. The second-order valence-corrected chi connectivity index (χ2v) is 5.37. The van der Waals surface area contributed by atoms with Gasteiger partial charge in [-0.15, -0.1) is 0 Å².